The van der Waals surface area contributed by atoms with E-state index in [9.17, 15) is 9.59 Å². The molecule has 6 heteroatoms. The molecule has 2 fully saturated rings. The third-order valence-electron chi connectivity index (χ3n) is 3.52. The molecule has 0 spiro atoms. The number of morpholine rings is 1. The molecule has 1 saturated heterocycles. The van der Waals surface area contributed by atoms with E-state index in [4.69, 9.17) is 9.47 Å². The van der Waals surface area contributed by atoms with Crippen LogP contribution in [0, 0.1) is 0 Å². The molecule has 1 aliphatic carbocycles. The molecule has 0 radical (unpaired) electrons. The number of ether oxygens (including phenoxy) is 2. The maximum atomic E-state index is 12.2. The van der Waals surface area contributed by atoms with Crippen LogP contribution in [0.15, 0.2) is 0 Å². The lowest BCUT2D eigenvalue weighted by Crippen LogP contribution is -2.58. The second-order valence-corrected chi connectivity index (χ2v) is 5.04. The van der Waals surface area contributed by atoms with Crippen LogP contribution in [-0.2, 0) is 19.1 Å². The average Bonchev–Trinajstić information content (AvgIpc) is 3.22. The normalized spacial score (nSPS) is 25.7. The number of nitrogens with zero attached hydrogens (tertiary/aromatic N) is 1. The third kappa shape index (κ3) is 3.67. The Bertz CT molecular complexity index is 344. The van der Waals surface area contributed by atoms with Gasteiger partial charge in [-0.2, -0.15) is 0 Å². The first-order chi connectivity index (χ1) is 9.13. The molecule has 1 aliphatic heterocycles. The van der Waals surface area contributed by atoms with E-state index < -0.39 is 12.1 Å². The number of carbonyl (C=O) groups excluding carboxylic acids is 2. The van der Waals surface area contributed by atoms with Gasteiger partial charge in [0.2, 0.25) is 5.91 Å². The van der Waals surface area contributed by atoms with Gasteiger partial charge in [-0.15, -0.1) is 0 Å². The third-order valence-corrected chi connectivity index (χ3v) is 3.52. The number of rotatable bonds is 5. The second kappa shape index (κ2) is 6.34. The lowest BCUT2D eigenvalue weighted by molar-refractivity contribution is -0.154. The maximum absolute atomic E-state index is 12.2. The minimum Gasteiger partial charge on any atom is -0.465 e. The predicted molar refractivity (Wildman–Crippen MR) is 68.6 cm³/mol. The van der Waals surface area contributed by atoms with Crippen LogP contribution in [0.2, 0.25) is 0 Å². The molecule has 1 amide bonds. The number of amides is 1. The van der Waals surface area contributed by atoms with Crippen LogP contribution in [0.5, 0.6) is 0 Å². The molecule has 2 aliphatic rings. The van der Waals surface area contributed by atoms with E-state index in [-0.39, 0.29) is 11.9 Å². The Morgan fingerprint density at radius 2 is 2.21 bits per heavy atom. The summed E-state index contributed by atoms with van der Waals surface area (Å²) >= 11 is 0. The van der Waals surface area contributed by atoms with Gasteiger partial charge in [0.05, 0.1) is 19.8 Å². The number of esters is 1. The highest BCUT2D eigenvalue weighted by molar-refractivity contribution is 5.84. The summed E-state index contributed by atoms with van der Waals surface area (Å²) in [6.45, 7) is 5.36. The van der Waals surface area contributed by atoms with Gasteiger partial charge in [-0.1, -0.05) is 0 Å². The standard InChI is InChI=1S/C13H22N2O4/c1-3-19-13(17)9(2)15-6-7-18-8-11(15)12(16)14-10-4-5-10/h9-11H,3-8H2,1-2H3,(H,14,16). The van der Waals surface area contributed by atoms with Crippen molar-refractivity contribution in [3.05, 3.63) is 0 Å². The molecule has 19 heavy (non-hydrogen) atoms. The van der Waals surface area contributed by atoms with Crippen molar-refractivity contribution in [2.45, 2.75) is 44.8 Å². The molecular formula is C13H22N2O4. The molecule has 1 saturated carbocycles. The summed E-state index contributed by atoms with van der Waals surface area (Å²) in [6, 6.07) is -0.498. The minimum atomic E-state index is -0.418. The molecule has 0 aromatic carbocycles. The van der Waals surface area contributed by atoms with Crippen molar-refractivity contribution in [3.8, 4) is 0 Å². The van der Waals surface area contributed by atoms with E-state index in [1.54, 1.807) is 13.8 Å². The molecule has 1 N–H and O–H groups in total. The first-order valence-electron chi connectivity index (χ1n) is 6.94. The fourth-order valence-corrected chi connectivity index (χ4v) is 2.23. The molecule has 2 atom stereocenters. The van der Waals surface area contributed by atoms with Crippen molar-refractivity contribution >= 4 is 11.9 Å². The number of carbonyl (C=O) groups is 2. The van der Waals surface area contributed by atoms with E-state index in [1.807, 2.05) is 4.90 Å². The van der Waals surface area contributed by atoms with Crippen LogP contribution in [-0.4, -0.2) is 61.3 Å². The summed E-state index contributed by atoms with van der Waals surface area (Å²) < 4.78 is 10.4. The van der Waals surface area contributed by atoms with E-state index in [0.29, 0.717) is 32.4 Å². The number of nitrogens with one attached hydrogen (secondary N) is 1. The van der Waals surface area contributed by atoms with Gasteiger partial charge in [0.15, 0.2) is 0 Å². The highest BCUT2D eigenvalue weighted by atomic mass is 16.5. The van der Waals surface area contributed by atoms with Gasteiger partial charge in [-0.25, -0.2) is 0 Å². The minimum absolute atomic E-state index is 0.0432. The summed E-state index contributed by atoms with van der Waals surface area (Å²) in [5.41, 5.74) is 0. The lowest BCUT2D eigenvalue weighted by atomic mass is 10.1. The van der Waals surface area contributed by atoms with E-state index in [2.05, 4.69) is 5.32 Å². The number of hydrogen-bond acceptors (Lipinski definition) is 5. The quantitative estimate of drug-likeness (QED) is 0.708. The zero-order chi connectivity index (χ0) is 13.8. The molecular weight excluding hydrogens is 248 g/mol. The van der Waals surface area contributed by atoms with Crippen molar-refractivity contribution in [2.75, 3.05) is 26.4 Å². The molecule has 6 nitrogen and oxygen atoms in total. The highest BCUT2D eigenvalue weighted by Crippen LogP contribution is 2.20. The second-order valence-electron chi connectivity index (χ2n) is 5.04. The van der Waals surface area contributed by atoms with Crippen molar-refractivity contribution in [1.29, 1.82) is 0 Å². The van der Waals surface area contributed by atoms with Crippen molar-refractivity contribution < 1.29 is 19.1 Å². The topological polar surface area (TPSA) is 67.9 Å². The van der Waals surface area contributed by atoms with E-state index in [0.717, 1.165) is 12.8 Å². The molecule has 108 valence electrons. The van der Waals surface area contributed by atoms with E-state index >= 15 is 0 Å². The van der Waals surface area contributed by atoms with Gasteiger partial charge in [0.1, 0.15) is 12.1 Å². The molecule has 0 aromatic heterocycles. The zero-order valence-corrected chi connectivity index (χ0v) is 11.6. The van der Waals surface area contributed by atoms with Crippen molar-refractivity contribution in [3.63, 3.8) is 0 Å². The molecule has 2 unspecified atom stereocenters. The van der Waals surface area contributed by atoms with Gasteiger partial charge in [0.25, 0.3) is 0 Å². The van der Waals surface area contributed by atoms with Gasteiger partial charge in [-0.3, -0.25) is 14.5 Å². The maximum Gasteiger partial charge on any atom is 0.323 e. The zero-order valence-electron chi connectivity index (χ0n) is 11.6. The van der Waals surface area contributed by atoms with Crippen LogP contribution in [0.4, 0.5) is 0 Å². The number of hydrogen-bond donors (Lipinski definition) is 1. The van der Waals surface area contributed by atoms with Gasteiger partial charge < -0.3 is 14.8 Å². The summed E-state index contributed by atoms with van der Waals surface area (Å²) in [7, 11) is 0. The fourth-order valence-electron chi connectivity index (χ4n) is 2.23. The monoisotopic (exact) mass is 270 g/mol. The van der Waals surface area contributed by atoms with Crippen LogP contribution < -0.4 is 5.32 Å². The summed E-state index contributed by atoms with van der Waals surface area (Å²) in [4.78, 5) is 25.8. The van der Waals surface area contributed by atoms with Gasteiger partial charge >= 0.3 is 5.97 Å². The van der Waals surface area contributed by atoms with Crippen LogP contribution in [0.3, 0.4) is 0 Å². The van der Waals surface area contributed by atoms with Crippen LogP contribution in [0.1, 0.15) is 26.7 Å². The molecule has 2 rings (SSSR count). The molecule has 1 heterocycles. The lowest BCUT2D eigenvalue weighted by Gasteiger charge is -2.37. The largest absolute Gasteiger partial charge is 0.465 e. The van der Waals surface area contributed by atoms with E-state index in [1.165, 1.54) is 0 Å². The first kappa shape index (κ1) is 14.3. The average molecular weight is 270 g/mol. The predicted octanol–water partition coefficient (Wildman–Crippen LogP) is -0.0826. The van der Waals surface area contributed by atoms with Gasteiger partial charge in [-0.05, 0) is 26.7 Å². The van der Waals surface area contributed by atoms with Crippen LogP contribution >= 0.6 is 0 Å². The summed E-state index contributed by atoms with van der Waals surface area (Å²) in [6.07, 6.45) is 2.10. The van der Waals surface area contributed by atoms with Crippen molar-refractivity contribution in [1.82, 2.24) is 10.2 Å². The Morgan fingerprint density at radius 1 is 1.47 bits per heavy atom. The highest BCUT2D eigenvalue weighted by Gasteiger charge is 2.37. The Morgan fingerprint density at radius 3 is 2.84 bits per heavy atom. The van der Waals surface area contributed by atoms with Gasteiger partial charge in [0, 0.05) is 12.6 Å². The molecule has 0 bridgehead atoms. The Balaban J connectivity index is 1.97. The fraction of sp³-hybridized carbons (Fsp3) is 0.846. The molecule has 0 aromatic rings. The Labute approximate surface area is 113 Å². The Hall–Kier alpha value is -1.14. The Kier molecular flexibility index (Phi) is 4.76. The first-order valence-corrected chi connectivity index (χ1v) is 6.94. The van der Waals surface area contributed by atoms with Crippen molar-refractivity contribution in [2.24, 2.45) is 0 Å². The summed E-state index contributed by atoms with van der Waals surface area (Å²) in [5.74, 6) is -0.327. The smallest absolute Gasteiger partial charge is 0.323 e. The van der Waals surface area contributed by atoms with Crippen LogP contribution in [0.25, 0.3) is 0 Å². The summed E-state index contributed by atoms with van der Waals surface area (Å²) in [5, 5.41) is 2.97. The SMILES string of the molecule is CCOC(=O)C(C)N1CCOCC1C(=O)NC1CC1.